The second-order valence-electron chi connectivity index (χ2n) is 7.00. The van der Waals surface area contributed by atoms with E-state index in [1.165, 1.54) is 28.8 Å². The van der Waals surface area contributed by atoms with Crippen LogP contribution in [0.4, 0.5) is 8.78 Å². The van der Waals surface area contributed by atoms with E-state index in [0.717, 1.165) is 12.1 Å². The van der Waals surface area contributed by atoms with Crippen molar-refractivity contribution in [3.8, 4) is 5.75 Å². The van der Waals surface area contributed by atoms with Gasteiger partial charge in [-0.25, -0.2) is 8.78 Å². The van der Waals surface area contributed by atoms with Gasteiger partial charge in [-0.05, 0) is 49.2 Å². The number of aliphatic carboxylic acids is 1. The number of rotatable bonds is 7. The van der Waals surface area contributed by atoms with Gasteiger partial charge in [0.25, 0.3) is 5.91 Å². The molecule has 0 aliphatic heterocycles. The van der Waals surface area contributed by atoms with Gasteiger partial charge in [0.1, 0.15) is 5.82 Å². The normalized spacial score (nSPS) is 10.9. The largest absolute Gasteiger partial charge is 0.505 e. The van der Waals surface area contributed by atoms with Crippen molar-refractivity contribution < 1.29 is 33.4 Å². The van der Waals surface area contributed by atoms with Gasteiger partial charge in [0.05, 0.1) is 11.9 Å². The zero-order chi connectivity index (χ0) is 22.7. The fraction of sp³-hybridized carbons (Fsp3) is 0.227. The van der Waals surface area contributed by atoms with Crippen molar-refractivity contribution in [2.75, 3.05) is 6.54 Å². The average molecular weight is 430 g/mol. The first-order chi connectivity index (χ1) is 14.7. The molecule has 3 aromatic rings. The predicted octanol–water partition coefficient (Wildman–Crippen LogP) is 3.15. The number of hydrogen-bond acceptors (Lipinski definition) is 4. The van der Waals surface area contributed by atoms with Crippen molar-refractivity contribution in [2.45, 2.75) is 26.2 Å². The second-order valence-corrected chi connectivity index (χ2v) is 7.00. The first-order valence-electron chi connectivity index (χ1n) is 9.50. The molecule has 2 aromatic carbocycles. The van der Waals surface area contributed by atoms with Crippen molar-refractivity contribution in [2.24, 2.45) is 0 Å². The number of phenols is 1. The van der Waals surface area contributed by atoms with Crippen molar-refractivity contribution in [1.29, 1.82) is 0 Å². The first-order valence-corrected chi connectivity index (χ1v) is 9.50. The van der Waals surface area contributed by atoms with Crippen LogP contribution < -0.4 is 5.32 Å². The third kappa shape index (κ3) is 4.55. The molecule has 0 fully saturated rings. The Morgan fingerprint density at radius 2 is 1.84 bits per heavy atom. The molecular formula is C22H20F2N2O5. The Morgan fingerprint density at radius 1 is 1.10 bits per heavy atom. The molecule has 0 saturated heterocycles. The molecule has 162 valence electrons. The van der Waals surface area contributed by atoms with Crippen LogP contribution in [0, 0.1) is 18.6 Å². The number of aromatic nitrogens is 1. The monoisotopic (exact) mass is 430 g/mol. The summed E-state index contributed by atoms with van der Waals surface area (Å²) in [4.78, 5) is 35.6. The number of carboxylic acids is 1. The van der Waals surface area contributed by atoms with Crippen molar-refractivity contribution in [1.82, 2.24) is 9.88 Å². The highest BCUT2D eigenvalue weighted by molar-refractivity contribution is 6.04. The van der Waals surface area contributed by atoms with E-state index in [1.54, 1.807) is 6.92 Å². The second kappa shape index (κ2) is 8.95. The fourth-order valence-corrected chi connectivity index (χ4v) is 3.48. The molecule has 1 amide bonds. The Balaban J connectivity index is 1.99. The minimum atomic E-state index is -1.05. The highest BCUT2D eigenvalue weighted by Gasteiger charge is 2.24. The van der Waals surface area contributed by atoms with Crippen LogP contribution in [0.5, 0.6) is 5.75 Å². The molecule has 0 spiro atoms. The minimum absolute atomic E-state index is 0.000545. The Hall–Kier alpha value is -3.75. The number of carbonyl (C=O) groups is 3. The van der Waals surface area contributed by atoms with Crippen LogP contribution in [-0.4, -0.2) is 39.1 Å². The summed E-state index contributed by atoms with van der Waals surface area (Å²) in [7, 11) is 0. The lowest BCUT2D eigenvalue weighted by atomic mass is 10.0. The molecule has 0 aliphatic carbocycles. The number of aryl methyl sites for hydroxylation is 1. The summed E-state index contributed by atoms with van der Waals surface area (Å²) in [6, 6.07) is 7.59. The molecule has 3 N–H and O–H groups in total. The van der Waals surface area contributed by atoms with Crippen molar-refractivity contribution in [3.05, 3.63) is 64.9 Å². The van der Waals surface area contributed by atoms with Crippen LogP contribution in [-0.2, 0) is 16.0 Å². The van der Waals surface area contributed by atoms with E-state index >= 15 is 0 Å². The summed E-state index contributed by atoms with van der Waals surface area (Å²) in [6.07, 6.45) is -0.261. The van der Waals surface area contributed by atoms with Gasteiger partial charge in [0.15, 0.2) is 11.6 Å². The van der Waals surface area contributed by atoms with Crippen molar-refractivity contribution >= 4 is 28.7 Å². The molecule has 9 heteroatoms. The van der Waals surface area contributed by atoms with Gasteiger partial charge in [-0.1, -0.05) is 6.07 Å². The van der Waals surface area contributed by atoms with E-state index in [-0.39, 0.29) is 42.3 Å². The quantitative estimate of drug-likeness (QED) is 0.534. The molecule has 3 rings (SSSR count). The number of halogens is 2. The van der Waals surface area contributed by atoms with Crippen LogP contribution in [0.25, 0.3) is 10.9 Å². The number of fused-ring (bicyclic) bond motifs is 1. The van der Waals surface area contributed by atoms with Gasteiger partial charge in [0.2, 0.25) is 5.91 Å². The summed E-state index contributed by atoms with van der Waals surface area (Å²) < 4.78 is 29.6. The molecule has 31 heavy (non-hydrogen) atoms. The highest BCUT2D eigenvalue weighted by Crippen LogP contribution is 2.34. The van der Waals surface area contributed by atoms with Crippen LogP contribution in [0.2, 0.25) is 0 Å². The minimum Gasteiger partial charge on any atom is -0.505 e. The molecule has 0 atom stereocenters. The number of amides is 1. The summed E-state index contributed by atoms with van der Waals surface area (Å²) >= 11 is 0. The fourth-order valence-electron chi connectivity index (χ4n) is 3.48. The predicted molar refractivity (Wildman–Crippen MR) is 108 cm³/mol. The molecule has 7 nitrogen and oxygen atoms in total. The zero-order valence-electron chi connectivity index (χ0n) is 16.6. The molecule has 0 radical (unpaired) electrons. The maximum Gasteiger partial charge on any atom is 0.305 e. The van der Waals surface area contributed by atoms with E-state index < -0.39 is 35.2 Å². The van der Waals surface area contributed by atoms with Gasteiger partial charge in [-0.15, -0.1) is 0 Å². The molecular weight excluding hydrogens is 410 g/mol. The number of benzene rings is 2. The molecule has 1 heterocycles. The van der Waals surface area contributed by atoms with Gasteiger partial charge in [0, 0.05) is 29.6 Å². The highest BCUT2D eigenvalue weighted by atomic mass is 19.1. The summed E-state index contributed by atoms with van der Waals surface area (Å²) in [5.41, 5.74) is 0.948. The Morgan fingerprint density at radius 3 is 2.52 bits per heavy atom. The summed E-state index contributed by atoms with van der Waals surface area (Å²) in [6.45, 7) is 1.54. The molecule has 0 saturated carbocycles. The third-order valence-electron chi connectivity index (χ3n) is 4.95. The van der Waals surface area contributed by atoms with Crippen LogP contribution in [0.1, 0.15) is 34.5 Å². The lowest BCUT2D eigenvalue weighted by molar-refractivity contribution is -0.136. The molecule has 0 aliphatic rings. The van der Waals surface area contributed by atoms with Gasteiger partial charge >= 0.3 is 5.97 Å². The van der Waals surface area contributed by atoms with Gasteiger partial charge < -0.3 is 15.5 Å². The third-order valence-corrected chi connectivity index (χ3v) is 4.95. The number of aromatic hydroxyl groups is 1. The van der Waals surface area contributed by atoms with Crippen LogP contribution in [0.15, 0.2) is 36.4 Å². The lowest BCUT2D eigenvalue weighted by Crippen LogP contribution is -2.26. The van der Waals surface area contributed by atoms with Crippen LogP contribution in [0.3, 0.4) is 0 Å². The molecule has 1 aromatic heterocycles. The van der Waals surface area contributed by atoms with E-state index in [2.05, 4.69) is 5.32 Å². The standard InChI is InChI=1S/C22H20F2N2O5/c1-12-15(5-8-18(28)25-10-9-19(29)30)20-16(6-7-17(27)21(20)24)26(12)22(31)13-3-2-4-14(23)11-13/h2-4,6-7,11,27H,5,8-10H2,1H3,(H,25,28)(H,29,30). The van der Waals surface area contributed by atoms with Gasteiger partial charge in [-0.2, -0.15) is 0 Å². The molecule has 0 unspecified atom stereocenters. The maximum atomic E-state index is 14.8. The zero-order valence-corrected chi connectivity index (χ0v) is 16.6. The Kier molecular flexibility index (Phi) is 6.33. The SMILES string of the molecule is Cc1c(CCC(=O)NCCC(=O)O)c2c(F)c(O)ccc2n1C(=O)c1cccc(F)c1. The summed E-state index contributed by atoms with van der Waals surface area (Å²) in [5.74, 6) is -4.18. The Bertz CT molecular complexity index is 1190. The molecule has 0 bridgehead atoms. The number of nitrogens with one attached hydrogen (secondary N) is 1. The van der Waals surface area contributed by atoms with E-state index in [9.17, 15) is 28.3 Å². The topological polar surface area (TPSA) is 109 Å². The maximum absolute atomic E-state index is 14.8. The van der Waals surface area contributed by atoms with Crippen LogP contribution >= 0.6 is 0 Å². The van der Waals surface area contributed by atoms with E-state index in [0.29, 0.717) is 11.3 Å². The number of nitrogens with zero attached hydrogens (tertiary/aromatic N) is 1. The smallest absolute Gasteiger partial charge is 0.305 e. The van der Waals surface area contributed by atoms with Gasteiger partial charge in [-0.3, -0.25) is 19.0 Å². The Labute approximate surface area is 175 Å². The first kappa shape index (κ1) is 21.9. The number of carboxylic acid groups (broad SMARTS) is 1. The summed E-state index contributed by atoms with van der Waals surface area (Å²) in [5, 5.41) is 20.9. The van der Waals surface area contributed by atoms with E-state index in [4.69, 9.17) is 5.11 Å². The lowest BCUT2D eigenvalue weighted by Gasteiger charge is -2.08. The average Bonchev–Trinajstić information content (AvgIpc) is 3.00. The van der Waals surface area contributed by atoms with Crippen molar-refractivity contribution in [3.63, 3.8) is 0 Å². The number of hydrogen-bond donors (Lipinski definition) is 3. The number of phenolic OH excluding ortho intramolecular Hbond substituents is 1. The number of carbonyl (C=O) groups excluding carboxylic acids is 2. The van der Waals surface area contributed by atoms with E-state index in [1.807, 2.05) is 0 Å².